The summed E-state index contributed by atoms with van der Waals surface area (Å²) in [6, 6.07) is 8.40. The Labute approximate surface area is 198 Å². The van der Waals surface area contributed by atoms with Crippen LogP contribution < -0.4 is 14.2 Å². The van der Waals surface area contributed by atoms with E-state index in [0.717, 1.165) is 5.56 Å². The van der Waals surface area contributed by atoms with E-state index in [1.165, 1.54) is 6.07 Å². The maximum atomic E-state index is 13.0. The van der Waals surface area contributed by atoms with E-state index in [0.29, 0.717) is 67.7 Å². The van der Waals surface area contributed by atoms with Crippen molar-refractivity contribution in [3.63, 3.8) is 0 Å². The van der Waals surface area contributed by atoms with E-state index in [1.807, 2.05) is 0 Å². The zero-order valence-electron chi connectivity index (χ0n) is 19.5. The number of fused-ring (bicyclic) bond motifs is 1. The quantitative estimate of drug-likeness (QED) is 0.645. The zero-order chi connectivity index (χ0) is 24.2. The molecule has 34 heavy (non-hydrogen) atoms. The summed E-state index contributed by atoms with van der Waals surface area (Å²) in [7, 11) is 3.10. The Morgan fingerprint density at radius 1 is 1.09 bits per heavy atom. The molecular formula is C25H28N2O7. The van der Waals surface area contributed by atoms with Crippen LogP contribution in [0.2, 0.25) is 0 Å². The molecule has 0 radical (unpaired) electrons. The molecule has 0 aliphatic carbocycles. The van der Waals surface area contributed by atoms with Crippen LogP contribution in [0.1, 0.15) is 28.4 Å². The molecule has 2 aromatic rings. The van der Waals surface area contributed by atoms with Gasteiger partial charge in [-0.2, -0.15) is 0 Å². The highest BCUT2D eigenvalue weighted by atomic mass is 16.6. The zero-order valence-corrected chi connectivity index (χ0v) is 19.5. The molecule has 0 bridgehead atoms. The first-order valence-electron chi connectivity index (χ1n) is 11.1. The smallest absolute Gasteiger partial charge is 0.409 e. The van der Waals surface area contributed by atoms with Crippen molar-refractivity contribution in [1.29, 1.82) is 0 Å². The van der Waals surface area contributed by atoms with Crippen molar-refractivity contribution in [2.24, 2.45) is 0 Å². The molecule has 4 rings (SSSR count). The average molecular weight is 469 g/mol. The van der Waals surface area contributed by atoms with Crippen LogP contribution in [0.25, 0.3) is 6.08 Å². The van der Waals surface area contributed by atoms with Crippen LogP contribution in [0.4, 0.5) is 4.79 Å². The predicted molar refractivity (Wildman–Crippen MR) is 124 cm³/mol. The molecule has 1 fully saturated rings. The fourth-order valence-electron chi connectivity index (χ4n) is 4.07. The molecule has 1 N–H and O–H groups in total. The van der Waals surface area contributed by atoms with Crippen molar-refractivity contribution >= 4 is 18.0 Å². The van der Waals surface area contributed by atoms with Gasteiger partial charge in [0.15, 0.2) is 17.3 Å². The molecule has 1 saturated heterocycles. The molecule has 0 saturated carbocycles. The molecule has 0 unspecified atom stereocenters. The lowest BCUT2D eigenvalue weighted by Crippen LogP contribution is -2.48. The number of aromatic hydroxyl groups is 1. The maximum Gasteiger partial charge on any atom is 0.409 e. The normalized spacial score (nSPS) is 16.9. The van der Waals surface area contributed by atoms with E-state index < -0.39 is 0 Å². The molecule has 9 nitrogen and oxygen atoms in total. The van der Waals surface area contributed by atoms with Crippen LogP contribution >= 0.6 is 0 Å². The predicted octanol–water partition coefficient (Wildman–Crippen LogP) is 3.30. The number of hydrogen-bond acceptors (Lipinski definition) is 8. The third kappa shape index (κ3) is 4.65. The van der Waals surface area contributed by atoms with Gasteiger partial charge in [-0.1, -0.05) is 6.07 Å². The number of phenolic OH excluding ortho intramolecular Hbond substituents is 1. The number of amides is 1. The molecule has 0 atom stereocenters. The van der Waals surface area contributed by atoms with Gasteiger partial charge in [0.1, 0.15) is 11.5 Å². The van der Waals surface area contributed by atoms with Gasteiger partial charge in [-0.15, -0.1) is 0 Å². The van der Waals surface area contributed by atoms with E-state index in [9.17, 15) is 14.7 Å². The number of methoxy groups -OCH3 is 2. The van der Waals surface area contributed by atoms with Gasteiger partial charge in [0.05, 0.1) is 32.0 Å². The molecule has 2 aliphatic rings. The van der Waals surface area contributed by atoms with E-state index >= 15 is 0 Å². The standard InChI is InChI=1S/C25H28N2O7/c1-4-33-25(30)27-11-9-26(10-12-27)15-18-19(28)7-6-17-23(29)22(34-24(17)18)14-16-5-8-20(31-2)21(13-16)32-3/h5-8,13-14,28H,4,9-12,15H2,1-3H3/b22-14-. The summed E-state index contributed by atoms with van der Waals surface area (Å²) >= 11 is 0. The topological polar surface area (TPSA) is 97.8 Å². The number of Topliss-reactive ketones (excluding diaryl/α,β-unsaturated/α-hetero) is 1. The Balaban J connectivity index is 1.52. The molecule has 0 aromatic heterocycles. The van der Waals surface area contributed by atoms with Crippen LogP contribution in [0.15, 0.2) is 36.1 Å². The Morgan fingerprint density at radius 2 is 1.82 bits per heavy atom. The van der Waals surface area contributed by atoms with Crippen LogP contribution in [-0.2, 0) is 11.3 Å². The molecule has 0 spiro atoms. The van der Waals surface area contributed by atoms with Gasteiger partial charge in [-0.05, 0) is 42.8 Å². The number of phenols is 1. The van der Waals surface area contributed by atoms with Gasteiger partial charge in [0.25, 0.3) is 0 Å². The highest BCUT2D eigenvalue weighted by Crippen LogP contribution is 2.40. The summed E-state index contributed by atoms with van der Waals surface area (Å²) in [5.74, 6) is 1.47. The second kappa shape index (κ2) is 10.0. The summed E-state index contributed by atoms with van der Waals surface area (Å²) in [5, 5.41) is 10.6. The highest BCUT2D eigenvalue weighted by Gasteiger charge is 2.32. The van der Waals surface area contributed by atoms with E-state index in [-0.39, 0.29) is 23.4 Å². The van der Waals surface area contributed by atoms with Gasteiger partial charge in [-0.3, -0.25) is 9.69 Å². The van der Waals surface area contributed by atoms with Crippen molar-refractivity contribution in [3.8, 4) is 23.0 Å². The fourth-order valence-corrected chi connectivity index (χ4v) is 4.07. The lowest BCUT2D eigenvalue weighted by atomic mass is 10.0. The SMILES string of the molecule is CCOC(=O)N1CCN(Cc2c(O)ccc3c2O/C(=C\c2ccc(OC)c(OC)c2)C3=O)CC1. The maximum absolute atomic E-state index is 13.0. The van der Waals surface area contributed by atoms with Crippen molar-refractivity contribution in [1.82, 2.24) is 9.80 Å². The van der Waals surface area contributed by atoms with Gasteiger partial charge < -0.3 is 29.0 Å². The van der Waals surface area contributed by atoms with E-state index in [4.69, 9.17) is 18.9 Å². The first-order chi connectivity index (χ1) is 16.4. The largest absolute Gasteiger partial charge is 0.507 e. The number of benzene rings is 2. The number of carbonyl (C=O) groups excluding carboxylic acids is 2. The minimum Gasteiger partial charge on any atom is -0.507 e. The molecule has 180 valence electrons. The third-order valence-corrected chi connectivity index (χ3v) is 5.90. The second-order valence-corrected chi connectivity index (χ2v) is 7.96. The average Bonchev–Trinajstić information content (AvgIpc) is 3.16. The molecule has 2 aliphatic heterocycles. The minimum atomic E-state index is -0.315. The number of piperazine rings is 1. The molecule has 9 heteroatoms. The number of allylic oxidation sites excluding steroid dienone is 1. The number of nitrogens with zero attached hydrogens (tertiary/aromatic N) is 2. The number of carbonyl (C=O) groups is 2. The fraction of sp³-hybridized carbons (Fsp3) is 0.360. The minimum absolute atomic E-state index is 0.0618. The van der Waals surface area contributed by atoms with Gasteiger partial charge in [-0.25, -0.2) is 4.79 Å². The van der Waals surface area contributed by atoms with Crippen molar-refractivity contribution in [2.75, 3.05) is 47.0 Å². The molecule has 1 amide bonds. The second-order valence-electron chi connectivity index (χ2n) is 7.96. The number of ketones is 1. The van der Waals surface area contributed by atoms with Crippen LogP contribution in [0.5, 0.6) is 23.0 Å². The van der Waals surface area contributed by atoms with Crippen LogP contribution in [-0.4, -0.2) is 73.8 Å². The van der Waals surface area contributed by atoms with Gasteiger partial charge >= 0.3 is 6.09 Å². The summed E-state index contributed by atoms with van der Waals surface area (Å²) < 4.78 is 21.6. The van der Waals surface area contributed by atoms with Crippen LogP contribution in [0, 0.1) is 0 Å². The van der Waals surface area contributed by atoms with Gasteiger partial charge in [0.2, 0.25) is 5.78 Å². The van der Waals surface area contributed by atoms with E-state index in [1.54, 1.807) is 56.4 Å². The van der Waals surface area contributed by atoms with Crippen LogP contribution in [0.3, 0.4) is 0 Å². The Morgan fingerprint density at radius 3 is 2.50 bits per heavy atom. The Bertz CT molecular complexity index is 1120. The third-order valence-electron chi connectivity index (χ3n) is 5.90. The summed E-state index contributed by atoms with van der Waals surface area (Å²) in [4.78, 5) is 28.7. The number of rotatable bonds is 6. The first kappa shape index (κ1) is 23.4. The first-order valence-corrected chi connectivity index (χ1v) is 11.1. The number of hydrogen-bond donors (Lipinski definition) is 1. The Hall–Kier alpha value is -3.72. The van der Waals surface area contributed by atoms with Crippen molar-refractivity contribution in [3.05, 3.63) is 52.8 Å². The molecule has 2 heterocycles. The summed E-state index contributed by atoms with van der Waals surface area (Å²) in [5.41, 5.74) is 1.67. The lowest BCUT2D eigenvalue weighted by Gasteiger charge is -2.34. The molecule has 2 aromatic carbocycles. The van der Waals surface area contributed by atoms with Crippen molar-refractivity contribution in [2.45, 2.75) is 13.5 Å². The van der Waals surface area contributed by atoms with Gasteiger partial charge in [0, 0.05) is 32.7 Å². The monoisotopic (exact) mass is 468 g/mol. The summed E-state index contributed by atoms with van der Waals surface area (Å²) in [6.45, 7) is 4.80. The summed E-state index contributed by atoms with van der Waals surface area (Å²) in [6.07, 6.45) is 1.33. The van der Waals surface area contributed by atoms with E-state index in [2.05, 4.69) is 4.90 Å². The highest BCUT2D eigenvalue weighted by molar-refractivity contribution is 6.15. The van der Waals surface area contributed by atoms with Crippen molar-refractivity contribution < 1.29 is 33.6 Å². The lowest BCUT2D eigenvalue weighted by molar-refractivity contribution is 0.0774. The molecular weight excluding hydrogens is 440 g/mol. The number of ether oxygens (including phenoxy) is 4. The Kier molecular flexibility index (Phi) is 6.93.